The maximum atomic E-state index is 13.7. The van der Waals surface area contributed by atoms with Crippen molar-refractivity contribution in [3.63, 3.8) is 0 Å². The van der Waals surface area contributed by atoms with Crippen LogP contribution in [0.1, 0.15) is 86.0 Å². The number of fused-ring (bicyclic) bond motifs is 5. The maximum absolute atomic E-state index is 13.7. The second-order valence-electron chi connectivity index (χ2n) is 13.4. The molecule has 4 saturated carbocycles. The fraction of sp³-hybridized carbons (Fsp3) is 0.964. The van der Waals surface area contributed by atoms with Crippen molar-refractivity contribution in [2.75, 3.05) is 0 Å². The van der Waals surface area contributed by atoms with Crippen LogP contribution in [-0.4, -0.2) is 45.6 Å². The Morgan fingerprint density at radius 1 is 0.914 bits per heavy atom. The van der Waals surface area contributed by atoms with Crippen molar-refractivity contribution in [1.82, 2.24) is 0 Å². The standard InChI is InChI=1S/C28H45F3O4/c1-14(2)23(28(29,30)31)25(35)24(34)15(3)18-6-7-19-17-13-22(33)21-12-16(32)8-10-27(21,5)20(17)9-11-26(18,19)4/h14-21,23-25,32,34-35H,6-13H2,1-5H3/t15-,16+,17-,18+,19-,20-,21+,23-,24+,25+,26+,27+/m0/s1. The number of hydrogen-bond acceptors (Lipinski definition) is 4. The summed E-state index contributed by atoms with van der Waals surface area (Å²) < 4.78 is 41.0. The predicted molar refractivity (Wildman–Crippen MR) is 127 cm³/mol. The van der Waals surface area contributed by atoms with Gasteiger partial charge < -0.3 is 15.3 Å². The highest BCUT2D eigenvalue weighted by Crippen LogP contribution is 2.68. The van der Waals surface area contributed by atoms with Crippen molar-refractivity contribution >= 4 is 5.78 Å². The Morgan fingerprint density at radius 2 is 1.51 bits per heavy atom. The molecule has 0 aromatic rings. The zero-order chi connectivity index (χ0) is 26.1. The molecule has 0 amide bonds. The first-order chi connectivity index (χ1) is 16.1. The van der Waals surface area contributed by atoms with Gasteiger partial charge in [-0.25, -0.2) is 0 Å². The minimum atomic E-state index is -4.57. The van der Waals surface area contributed by atoms with Gasteiger partial charge >= 0.3 is 6.18 Å². The molecule has 0 spiro atoms. The smallest absolute Gasteiger partial charge is 0.393 e. The van der Waals surface area contributed by atoms with Crippen LogP contribution in [0.15, 0.2) is 0 Å². The summed E-state index contributed by atoms with van der Waals surface area (Å²) in [5, 5.41) is 31.9. The third kappa shape index (κ3) is 4.39. The molecule has 12 atom stereocenters. The molecular weight excluding hydrogens is 457 g/mol. The Morgan fingerprint density at radius 3 is 2.11 bits per heavy atom. The molecule has 3 N–H and O–H groups in total. The van der Waals surface area contributed by atoms with Gasteiger partial charge in [0.25, 0.3) is 0 Å². The summed E-state index contributed by atoms with van der Waals surface area (Å²) in [6, 6.07) is 0. The normalized spacial score (nSPS) is 45.3. The van der Waals surface area contributed by atoms with Gasteiger partial charge in [0.15, 0.2) is 0 Å². The van der Waals surface area contributed by atoms with Crippen LogP contribution in [0, 0.1) is 58.2 Å². The SMILES string of the molecule is CC(C)[C@@H]([C@@H](O)[C@H](O)[C@@H](C)[C@H]1CC[C@H]2[C@@H]3CC(=O)[C@H]4C[C@H](O)CC[C@]4(C)[C@H]3CC[C@]12C)C(F)(F)F. The molecule has 0 saturated heterocycles. The fourth-order valence-electron chi connectivity index (χ4n) is 9.65. The number of carbonyl (C=O) groups excluding carboxylic acids is 1. The number of ketones is 1. The summed E-state index contributed by atoms with van der Waals surface area (Å²) in [5.41, 5.74) is -0.248. The summed E-state index contributed by atoms with van der Waals surface area (Å²) in [6.07, 6.45) is -1.91. The van der Waals surface area contributed by atoms with Gasteiger partial charge in [-0.1, -0.05) is 34.6 Å². The van der Waals surface area contributed by atoms with Crippen molar-refractivity contribution in [2.45, 2.75) is 110 Å². The molecule has 4 aliphatic rings. The van der Waals surface area contributed by atoms with Gasteiger partial charge in [-0.15, -0.1) is 0 Å². The van der Waals surface area contributed by atoms with E-state index in [0.29, 0.717) is 24.7 Å². The van der Waals surface area contributed by atoms with E-state index in [-0.39, 0.29) is 34.4 Å². The highest BCUT2D eigenvalue weighted by atomic mass is 19.4. The van der Waals surface area contributed by atoms with Crippen LogP contribution < -0.4 is 0 Å². The van der Waals surface area contributed by atoms with Gasteiger partial charge in [0.2, 0.25) is 0 Å². The molecular formula is C28H45F3O4. The zero-order valence-corrected chi connectivity index (χ0v) is 21.9. The van der Waals surface area contributed by atoms with E-state index < -0.39 is 42.2 Å². The third-order valence-electron chi connectivity index (χ3n) is 11.5. The molecule has 0 aliphatic heterocycles. The first-order valence-corrected chi connectivity index (χ1v) is 13.8. The fourth-order valence-corrected chi connectivity index (χ4v) is 9.65. The molecule has 0 aromatic heterocycles. The highest BCUT2D eigenvalue weighted by Gasteiger charge is 2.63. The molecule has 7 heteroatoms. The number of rotatable bonds is 5. The summed E-state index contributed by atoms with van der Waals surface area (Å²) >= 11 is 0. The van der Waals surface area contributed by atoms with Gasteiger partial charge in [-0.3, -0.25) is 4.79 Å². The minimum Gasteiger partial charge on any atom is -0.393 e. The number of hydrogen-bond donors (Lipinski definition) is 3. The van der Waals surface area contributed by atoms with Crippen molar-refractivity contribution in [3.05, 3.63) is 0 Å². The molecule has 4 aliphatic carbocycles. The van der Waals surface area contributed by atoms with E-state index in [1.54, 1.807) is 6.92 Å². The van der Waals surface area contributed by atoms with E-state index in [2.05, 4.69) is 13.8 Å². The first kappa shape index (κ1) is 27.4. The van der Waals surface area contributed by atoms with E-state index in [1.165, 1.54) is 13.8 Å². The monoisotopic (exact) mass is 502 g/mol. The maximum Gasteiger partial charge on any atom is 0.394 e. The minimum absolute atomic E-state index is 0.00737. The van der Waals surface area contributed by atoms with E-state index in [1.807, 2.05) is 0 Å². The third-order valence-corrected chi connectivity index (χ3v) is 11.5. The van der Waals surface area contributed by atoms with Crippen LogP contribution in [0.25, 0.3) is 0 Å². The van der Waals surface area contributed by atoms with Crippen LogP contribution in [-0.2, 0) is 4.79 Å². The van der Waals surface area contributed by atoms with Gasteiger partial charge in [0.05, 0.1) is 24.2 Å². The molecule has 4 fully saturated rings. The molecule has 0 bridgehead atoms. The zero-order valence-electron chi connectivity index (χ0n) is 21.9. The predicted octanol–water partition coefficient (Wildman–Crippen LogP) is 5.38. The lowest BCUT2D eigenvalue weighted by Gasteiger charge is -2.60. The van der Waals surface area contributed by atoms with E-state index in [0.717, 1.165) is 38.5 Å². The summed E-state index contributed by atoms with van der Waals surface area (Å²) in [6.45, 7) is 9.14. The number of aliphatic hydroxyl groups excluding tert-OH is 3. The van der Waals surface area contributed by atoms with Crippen LogP contribution in [0.3, 0.4) is 0 Å². The van der Waals surface area contributed by atoms with E-state index >= 15 is 0 Å². The van der Waals surface area contributed by atoms with Crippen molar-refractivity contribution in [3.8, 4) is 0 Å². The lowest BCUT2D eigenvalue weighted by molar-refractivity contribution is -0.230. The number of Topliss-reactive ketones (excluding diaryl/α,β-unsaturated/α-hetero) is 1. The summed E-state index contributed by atoms with van der Waals surface area (Å²) in [5.74, 6) is -2.06. The molecule has 0 radical (unpaired) electrons. The molecule has 0 heterocycles. The lowest BCUT2D eigenvalue weighted by atomic mass is 9.44. The Labute approximate surface area is 208 Å². The number of aliphatic hydroxyl groups is 3. The summed E-state index contributed by atoms with van der Waals surface area (Å²) in [4.78, 5) is 13.3. The molecule has 4 nitrogen and oxygen atoms in total. The van der Waals surface area contributed by atoms with Gasteiger partial charge in [-0.2, -0.15) is 13.2 Å². The molecule has 35 heavy (non-hydrogen) atoms. The number of halogens is 3. The topological polar surface area (TPSA) is 77.8 Å². The molecule has 0 aromatic carbocycles. The highest BCUT2D eigenvalue weighted by molar-refractivity contribution is 5.83. The van der Waals surface area contributed by atoms with Gasteiger partial charge in [0.1, 0.15) is 5.78 Å². The molecule has 4 rings (SSSR count). The number of alkyl halides is 3. The van der Waals surface area contributed by atoms with Gasteiger partial charge in [-0.05, 0) is 91.3 Å². The van der Waals surface area contributed by atoms with Crippen molar-refractivity contribution < 1.29 is 33.3 Å². The lowest BCUT2D eigenvalue weighted by Crippen LogP contribution is -2.57. The largest absolute Gasteiger partial charge is 0.394 e. The van der Waals surface area contributed by atoms with Crippen LogP contribution in [0.4, 0.5) is 13.2 Å². The Bertz CT molecular complexity index is 800. The van der Waals surface area contributed by atoms with Crippen molar-refractivity contribution in [1.29, 1.82) is 0 Å². The Hall–Kier alpha value is -0.660. The second-order valence-corrected chi connectivity index (χ2v) is 13.4. The quantitative estimate of drug-likeness (QED) is 0.472. The van der Waals surface area contributed by atoms with Crippen molar-refractivity contribution in [2.24, 2.45) is 58.2 Å². The van der Waals surface area contributed by atoms with E-state index in [4.69, 9.17) is 0 Å². The first-order valence-electron chi connectivity index (χ1n) is 13.8. The average Bonchev–Trinajstić information content (AvgIpc) is 3.10. The van der Waals surface area contributed by atoms with Gasteiger partial charge in [0, 0.05) is 12.3 Å². The molecule has 0 unspecified atom stereocenters. The number of carbonyl (C=O) groups is 1. The Balaban J connectivity index is 1.55. The Kier molecular flexibility index (Phi) is 7.25. The van der Waals surface area contributed by atoms with Crippen LogP contribution in [0.5, 0.6) is 0 Å². The summed E-state index contributed by atoms with van der Waals surface area (Å²) in [7, 11) is 0. The molecule has 202 valence electrons. The van der Waals surface area contributed by atoms with Crippen LogP contribution in [0.2, 0.25) is 0 Å². The average molecular weight is 503 g/mol. The van der Waals surface area contributed by atoms with Crippen LogP contribution >= 0.6 is 0 Å². The second kappa shape index (κ2) is 9.27. The van der Waals surface area contributed by atoms with E-state index in [9.17, 15) is 33.3 Å².